The summed E-state index contributed by atoms with van der Waals surface area (Å²) in [7, 11) is 0. The molecular formula is C11H6ArClN3S. The van der Waals surface area contributed by atoms with Crippen molar-refractivity contribution in [1.82, 2.24) is 15.0 Å². The summed E-state index contributed by atoms with van der Waals surface area (Å²) in [5.74, 6) is 0. The van der Waals surface area contributed by atoms with Crippen molar-refractivity contribution in [1.29, 1.82) is 0 Å². The maximum absolute atomic E-state index is 5.83. The summed E-state index contributed by atoms with van der Waals surface area (Å²) in [4.78, 5) is 13.6. The van der Waals surface area contributed by atoms with Gasteiger partial charge in [-0.05, 0) is 24.3 Å². The first-order valence-corrected chi connectivity index (χ1v) is 5.86. The van der Waals surface area contributed by atoms with Gasteiger partial charge in [-0.1, -0.05) is 22.9 Å². The van der Waals surface area contributed by atoms with E-state index in [0.29, 0.717) is 5.15 Å². The van der Waals surface area contributed by atoms with Gasteiger partial charge in [0, 0.05) is 55.7 Å². The predicted octanol–water partition coefficient (Wildman–Crippen LogP) is 3.41. The Balaban J connectivity index is 0.00000108. The van der Waals surface area contributed by atoms with Gasteiger partial charge in [-0.3, -0.25) is 4.98 Å². The van der Waals surface area contributed by atoms with Crippen molar-refractivity contribution in [2.75, 3.05) is 0 Å². The molecule has 0 bridgehead atoms. The minimum Gasteiger partial charge on any atom is -0.264 e. The Bertz CT molecular complexity index is 642. The second-order valence-electron chi connectivity index (χ2n) is 3.22. The molecule has 3 nitrogen and oxygen atoms in total. The normalized spacial score (nSPS) is 10.2. The maximum atomic E-state index is 5.83. The van der Waals surface area contributed by atoms with Crippen LogP contribution in [0.5, 0.6) is 0 Å². The van der Waals surface area contributed by atoms with E-state index in [4.69, 9.17) is 11.6 Å². The molecule has 3 aromatic heterocycles. The summed E-state index contributed by atoms with van der Waals surface area (Å²) >= 11 is 7.35. The minimum atomic E-state index is 0. The van der Waals surface area contributed by atoms with E-state index in [1.54, 1.807) is 18.5 Å². The van der Waals surface area contributed by atoms with Crippen molar-refractivity contribution in [2.24, 2.45) is 0 Å². The summed E-state index contributed by atoms with van der Waals surface area (Å²) in [6.45, 7) is 0. The molecule has 0 saturated heterocycles. The van der Waals surface area contributed by atoms with Crippen LogP contribution >= 0.6 is 22.9 Å². The molecule has 3 heterocycles. The number of halogens is 1. The first-order valence-electron chi connectivity index (χ1n) is 4.66. The third kappa shape index (κ3) is 2.77. The Morgan fingerprint density at radius 1 is 1.12 bits per heavy atom. The Morgan fingerprint density at radius 2 is 2.00 bits per heavy atom. The van der Waals surface area contributed by atoms with Crippen LogP contribution < -0.4 is 0 Å². The summed E-state index contributed by atoms with van der Waals surface area (Å²) in [6, 6.07) is 7.49. The van der Waals surface area contributed by atoms with Crippen molar-refractivity contribution in [3.05, 3.63) is 41.8 Å². The molecule has 0 radical (unpaired) electrons. The monoisotopic (exact) mass is 287 g/mol. The Kier molecular flexibility index (Phi) is 4.33. The van der Waals surface area contributed by atoms with Gasteiger partial charge in [-0.2, -0.15) is 0 Å². The van der Waals surface area contributed by atoms with Crippen LogP contribution in [0.1, 0.15) is 0 Å². The zero-order valence-electron chi connectivity index (χ0n) is 8.45. The fraction of sp³-hybridized carbons (Fsp3) is 0. The largest absolute Gasteiger partial charge is 0.264 e. The van der Waals surface area contributed by atoms with E-state index in [0.717, 1.165) is 20.9 Å². The third-order valence-electron chi connectivity index (χ3n) is 2.13. The number of thiazole rings is 1. The molecule has 0 aromatic carbocycles. The third-order valence-corrected chi connectivity index (χ3v) is 3.35. The summed E-state index contributed by atoms with van der Waals surface area (Å²) < 4.78 is 0. The van der Waals surface area contributed by atoms with E-state index in [1.807, 2.05) is 18.2 Å². The standard InChI is InChI=1S/C11H6ClN3S.Ar/c12-9-4-3-8-11(15-9)16-10(14-8)7-2-1-5-13-6-7;/h1-6H;. The molecule has 0 aliphatic rings. The predicted molar refractivity (Wildman–Crippen MR) is 65.7 cm³/mol. The molecule has 6 heteroatoms. The molecule has 0 saturated carbocycles. The van der Waals surface area contributed by atoms with E-state index < -0.39 is 0 Å². The molecule has 3 aromatic rings. The SMILES string of the molecule is Clc1ccc2nc(-c3cccnc3)sc2n1.[Ar]. The number of aromatic nitrogens is 3. The van der Waals surface area contributed by atoms with Crippen LogP contribution in [0.15, 0.2) is 36.7 Å². The van der Waals surface area contributed by atoms with Crippen LogP contribution in [-0.4, -0.2) is 15.0 Å². The zero-order valence-corrected chi connectivity index (χ0v) is 10.7. The number of hydrogen-bond donors (Lipinski definition) is 0. The minimum absolute atomic E-state index is 0. The fourth-order valence-corrected chi connectivity index (χ4v) is 2.53. The van der Waals surface area contributed by atoms with Crippen LogP contribution in [0.4, 0.5) is 0 Å². The topological polar surface area (TPSA) is 38.7 Å². The number of pyridine rings is 2. The smallest absolute Gasteiger partial charge is 0.145 e. The van der Waals surface area contributed by atoms with Gasteiger partial charge in [0.2, 0.25) is 0 Å². The van der Waals surface area contributed by atoms with Crippen LogP contribution in [0.2, 0.25) is 5.15 Å². The van der Waals surface area contributed by atoms with Gasteiger partial charge in [-0.25, -0.2) is 9.97 Å². The molecule has 0 aliphatic carbocycles. The summed E-state index contributed by atoms with van der Waals surface area (Å²) in [6.07, 6.45) is 3.53. The van der Waals surface area contributed by atoms with Gasteiger partial charge in [0.15, 0.2) is 0 Å². The molecule has 3 rings (SSSR count). The molecule has 0 N–H and O–H groups in total. The zero-order chi connectivity index (χ0) is 11.0. The van der Waals surface area contributed by atoms with Gasteiger partial charge < -0.3 is 0 Å². The van der Waals surface area contributed by atoms with Crippen LogP contribution in [-0.2, 0) is 0 Å². The molecule has 0 unspecified atom stereocenters. The van der Waals surface area contributed by atoms with Crippen molar-refractivity contribution in [3.8, 4) is 10.6 Å². The average Bonchev–Trinajstić information content (AvgIpc) is 2.73. The van der Waals surface area contributed by atoms with Crippen molar-refractivity contribution in [3.63, 3.8) is 0 Å². The Hall–Kier alpha value is -0.260. The molecule has 0 atom stereocenters. The van der Waals surface area contributed by atoms with E-state index in [9.17, 15) is 0 Å². The number of rotatable bonds is 1. The number of fused-ring (bicyclic) bond motifs is 1. The molecule has 0 spiro atoms. The Morgan fingerprint density at radius 3 is 2.76 bits per heavy atom. The molecule has 17 heavy (non-hydrogen) atoms. The van der Waals surface area contributed by atoms with E-state index in [1.165, 1.54) is 11.3 Å². The molecule has 86 valence electrons. The van der Waals surface area contributed by atoms with Crippen LogP contribution in [0.25, 0.3) is 20.9 Å². The Labute approximate surface area is 137 Å². The van der Waals surface area contributed by atoms with Crippen LogP contribution in [0.3, 0.4) is 0 Å². The molecular weight excluding hydrogens is 282 g/mol. The molecule has 0 fully saturated rings. The summed E-state index contributed by atoms with van der Waals surface area (Å²) in [5, 5.41) is 1.41. The maximum Gasteiger partial charge on any atom is 0.145 e. The second-order valence-corrected chi connectivity index (χ2v) is 4.58. The molecule has 0 amide bonds. The van der Waals surface area contributed by atoms with E-state index in [-0.39, 0.29) is 37.7 Å². The van der Waals surface area contributed by atoms with Gasteiger partial charge >= 0.3 is 0 Å². The van der Waals surface area contributed by atoms with Gasteiger partial charge in [0.1, 0.15) is 20.5 Å². The van der Waals surface area contributed by atoms with Crippen LogP contribution in [0, 0.1) is 37.7 Å². The average molecular weight is 288 g/mol. The quantitative estimate of drug-likeness (QED) is 0.644. The van der Waals surface area contributed by atoms with E-state index in [2.05, 4.69) is 15.0 Å². The first kappa shape index (κ1) is 13.2. The van der Waals surface area contributed by atoms with Gasteiger partial charge in [-0.15, -0.1) is 0 Å². The van der Waals surface area contributed by atoms with E-state index >= 15 is 0 Å². The van der Waals surface area contributed by atoms with Crippen molar-refractivity contribution < 1.29 is 37.7 Å². The first-order chi connectivity index (χ1) is 7.83. The fourth-order valence-electron chi connectivity index (χ4n) is 1.41. The summed E-state index contributed by atoms with van der Waals surface area (Å²) in [5.41, 5.74) is 1.87. The second kappa shape index (κ2) is 5.59. The molecule has 0 aliphatic heterocycles. The van der Waals surface area contributed by atoms with Gasteiger partial charge in [0.25, 0.3) is 0 Å². The number of hydrogen-bond acceptors (Lipinski definition) is 4. The van der Waals surface area contributed by atoms with Gasteiger partial charge in [0.05, 0.1) is 0 Å². The van der Waals surface area contributed by atoms with Crippen molar-refractivity contribution >= 4 is 33.3 Å². The van der Waals surface area contributed by atoms with Crippen molar-refractivity contribution in [2.45, 2.75) is 0 Å². The number of nitrogens with zero attached hydrogens (tertiary/aromatic N) is 3.